The Morgan fingerprint density at radius 1 is 1.30 bits per heavy atom. The molecule has 2 unspecified atom stereocenters. The van der Waals surface area contributed by atoms with Gasteiger partial charge >= 0.3 is 0 Å². The highest BCUT2D eigenvalue weighted by Gasteiger charge is 2.42. The Bertz CT molecular complexity index is 590. The fourth-order valence-corrected chi connectivity index (χ4v) is 4.93. The number of aliphatic imine (C=N–C) groups is 1. The third-order valence-electron chi connectivity index (χ3n) is 5.59. The predicted octanol–water partition coefficient (Wildman–Crippen LogP) is 0.781. The Morgan fingerprint density at radius 2 is 2.15 bits per heavy atom. The zero-order valence-corrected chi connectivity index (χ0v) is 19.3. The van der Waals surface area contributed by atoms with Gasteiger partial charge in [0.05, 0.1) is 18.5 Å². The second-order valence-corrected chi connectivity index (χ2v) is 9.53. The lowest BCUT2D eigenvalue weighted by molar-refractivity contribution is 0.0200. The van der Waals surface area contributed by atoms with E-state index in [0.717, 1.165) is 71.0 Å². The zero-order valence-electron chi connectivity index (χ0n) is 16.1. The quantitative estimate of drug-likeness (QED) is 0.308. The van der Waals surface area contributed by atoms with Gasteiger partial charge < -0.3 is 19.7 Å². The van der Waals surface area contributed by atoms with E-state index in [1.54, 1.807) is 7.05 Å². The van der Waals surface area contributed by atoms with Crippen molar-refractivity contribution in [1.82, 2.24) is 14.9 Å². The molecule has 3 fully saturated rings. The van der Waals surface area contributed by atoms with Crippen LogP contribution in [-0.4, -0.2) is 84.2 Å². The molecule has 0 radical (unpaired) electrons. The number of sulfonamides is 1. The first kappa shape index (κ1) is 23.1. The minimum absolute atomic E-state index is 0. The molecule has 0 bridgehead atoms. The molecule has 10 heteroatoms. The number of hydrogen-bond acceptors (Lipinski definition) is 5. The molecule has 8 nitrogen and oxygen atoms in total. The topological polar surface area (TPSA) is 92.3 Å². The van der Waals surface area contributed by atoms with Crippen LogP contribution >= 0.6 is 24.0 Å². The summed E-state index contributed by atoms with van der Waals surface area (Å²) in [6.07, 6.45) is 5.31. The molecule has 0 amide bonds. The van der Waals surface area contributed by atoms with Gasteiger partial charge in [0.2, 0.25) is 10.0 Å². The Balaban J connectivity index is 0.00000261. The normalized spacial score (nSPS) is 29.1. The molecule has 1 spiro atoms. The highest BCUT2D eigenvalue weighted by Crippen LogP contribution is 2.38. The largest absolute Gasteiger partial charge is 0.381 e. The third kappa shape index (κ3) is 6.69. The molecule has 3 aliphatic heterocycles. The van der Waals surface area contributed by atoms with Crippen LogP contribution in [-0.2, 0) is 19.5 Å². The van der Waals surface area contributed by atoms with Crippen LogP contribution < -0.4 is 10.0 Å². The van der Waals surface area contributed by atoms with Crippen molar-refractivity contribution in [3.8, 4) is 0 Å². The van der Waals surface area contributed by atoms with Crippen LogP contribution in [0.4, 0.5) is 0 Å². The first-order valence-electron chi connectivity index (χ1n) is 9.64. The SMILES string of the molecule is CN=C(NCCS(=O)(=O)NCC1CCCCO1)N1CCC2(CCOC2)C1.I. The van der Waals surface area contributed by atoms with Gasteiger partial charge in [-0.1, -0.05) is 0 Å². The van der Waals surface area contributed by atoms with Gasteiger partial charge in [0, 0.05) is 51.9 Å². The van der Waals surface area contributed by atoms with Crippen LogP contribution in [0.2, 0.25) is 0 Å². The molecule has 3 heterocycles. The second-order valence-electron chi connectivity index (χ2n) is 7.60. The zero-order chi connectivity index (χ0) is 18.5. The Hall–Kier alpha value is -0.170. The van der Waals surface area contributed by atoms with E-state index in [-0.39, 0.29) is 41.2 Å². The van der Waals surface area contributed by atoms with Crippen molar-refractivity contribution in [1.29, 1.82) is 0 Å². The summed E-state index contributed by atoms with van der Waals surface area (Å²) in [5, 5.41) is 3.20. The third-order valence-corrected chi connectivity index (χ3v) is 6.94. The predicted molar refractivity (Wildman–Crippen MR) is 116 cm³/mol. The lowest BCUT2D eigenvalue weighted by Gasteiger charge is -2.25. The van der Waals surface area contributed by atoms with E-state index in [1.165, 1.54) is 0 Å². The number of likely N-dealkylation sites (tertiary alicyclic amines) is 1. The highest BCUT2D eigenvalue weighted by molar-refractivity contribution is 14.0. The van der Waals surface area contributed by atoms with Crippen molar-refractivity contribution >= 4 is 40.0 Å². The summed E-state index contributed by atoms with van der Waals surface area (Å²) in [6, 6.07) is 0. The number of hydrogen-bond donors (Lipinski definition) is 2. The fraction of sp³-hybridized carbons (Fsp3) is 0.941. The van der Waals surface area contributed by atoms with Crippen molar-refractivity contribution in [2.75, 3.05) is 58.8 Å². The summed E-state index contributed by atoms with van der Waals surface area (Å²) < 4.78 is 38.2. The molecule has 0 aromatic carbocycles. The molecule has 3 rings (SSSR count). The van der Waals surface area contributed by atoms with Crippen LogP contribution in [0.1, 0.15) is 32.1 Å². The van der Waals surface area contributed by atoms with Crippen LogP contribution in [0.25, 0.3) is 0 Å². The molecule has 3 aliphatic rings. The average Bonchev–Trinajstić information content (AvgIpc) is 3.28. The van der Waals surface area contributed by atoms with Gasteiger partial charge in [-0.25, -0.2) is 13.1 Å². The van der Waals surface area contributed by atoms with Gasteiger partial charge in [0.25, 0.3) is 0 Å². The molecular weight excluding hydrogens is 483 g/mol. The van der Waals surface area contributed by atoms with Gasteiger partial charge in [-0.3, -0.25) is 4.99 Å². The lowest BCUT2D eigenvalue weighted by Crippen LogP contribution is -2.44. The van der Waals surface area contributed by atoms with E-state index in [2.05, 4.69) is 19.9 Å². The molecule has 2 atom stereocenters. The number of rotatable bonds is 6. The Kier molecular flexibility index (Phi) is 9.04. The van der Waals surface area contributed by atoms with Crippen LogP contribution in [0.3, 0.4) is 0 Å². The first-order chi connectivity index (χ1) is 12.5. The van der Waals surface area contributed by atoms with Gasteiger partial charge in [0.15, 0.2) is 5.96 Å². The van der Waals surface area contributed by atoms with Crippen LogP contribution in [0.15, 0.2) is 4.99 Å². The fourth-order valence-electron chi connectivity index (χ4n) is 3.98. The molecule has 3 saturated heterocycles. The van der Waals surface area contributed by atoms with Crippen molar-refractivity contribution in [2.24, 2.45) is 10.4 Å². The second kappa shape index (κ2) is 10.6. The standard InChI is InChI=1S/C17H32N4O4S.HI/c1-18-16(21-8-5-17(13-21)6-10-24-14-17)19-7-11-26(22,23)20-12-15-4-2-3-9-25-15;/h15,20H,2-14H2,1H3,(H,18,19);1H. The minimum atomic E-state index is -3.32. The molecule has 0 saturated carbocycles. The maximum absolute atomic E-state index is 12.2. The smallest absolute Gasteiger partial charge is 0.213 e. The van der Waals surface area contributed by atoms with E-state index in [9.17, 15) is 8.42 Å². The number of halogens is 1. The molecule has 158 valence electrons. The summed E-state index contributed by atoms with van der Waals surface area (Å²) in [7, 11) is -1.57. The molecule has 0 aromatic heterocycles. The highest BCUT2D eigenvalue weighted by atomic mass is 127. The number of guanidine groups is 1. The maximum Gasteiger partial charge on any atom is 0.213 e. The number of nitrogens with one attached hydrogen (secondary N) is 2. The minimum Gasteiger partial charge on any atom is -0.381 e. The van der Waals surface area contributed by atoms with E-state index in [0.29, 0.717) is 13.1 Å². The summed E-state index contributed by atoms with van der Waals surface area (Å²) >= 11 is 0. The Morgan fingerprint density at radius 3 is 2.81 bits per heavy atom. The van der Waals surface area contributed by atoms with Gasteiger partial charge in [0.1, 0.15) is 0 Å². The number of nitrogens with zero attached hydrogens (tertiary/aromatic N) is 2. The summed E-state index contributed by atoms with van der Waals surface area (Å²) in [5.74, 6) is 0.806. The van der Waals surface area contributed by atoms with E-state index in [1.807, 2.05) is 0 Å². The van der Waals surface area contributed by atoms with E-state index < -0.39 is 10.0 Å². The van der Waals surface area contributed by atoms with Gasteiger partial charge in [-0.15, -0.1) is 24.0 Å². The van der Waals surface area contributed by atoms with E-state index in [4.69, 9.17) is 9.47 Å². The van der Waals surface area contributed by atoms with Gasteiger partial charge in [-0.2, -0.15) is 0 Å². The van der Waals surface area contributed by atoms with Crippen LogP contribution in [0.5, 0.6) is 0 Å². The van der Waals surface area contributed by atoms with Crippen molar-refractivity contribution in [3.63, 3.8) is 0 Å². The molecule has 0 aromatic rings. The van der Waals surface area contributed by atoms with E-state index >= 15 is 0 Å². The first-order valence-corrected chi connectivity index (χ1v) is 11.3. The van der Waals surface area contributed by atoms with Crippen LogP contribution in [0, 0.1) is 5.41 Å². The average molecular weight is 516 g/mol. The summed E-state index contributed by atoms with van der Waals surface area (Å²) in [4.78, 5) is 6.53. The maximum atomic E-state index is 12.2. The Labute approximate surface area is 179 Å². The molecule has 2 N–H and O–H groups in total. The monoisotopic (exact) mass is 516 g/mol. The summed E-state index contributed by atoms with van der Waals surface area (Å²) in [6.45, 7) is 4.96. The van der Waals surface area contributed by atoms with Gasteiger partial charge in [-0.05, 0) is 32.1 Å². The van der Waals surface area contributed by atoms with Crippen molar-refractivity contribution in [2.45, 2.75) is 38.2 Å². The molecular formula is C17H33IN4O4S. The lowest BCUT2D eigenvalue weighted by atomic mass is 9.87. The molecule has 0 aliphatic carbocycles. The van der Waals surface area contributed by atoms with Crippen molar-refractivity contribution in [3.05, 3.63) is 0 Å². The summed E-state index contributed by atoms with van der Waals surface area (Å²) in [5.41, 5.74) is 0.255. The van der Waals surface area contributed by atoms with Crippen molar-refractivity contribution < 1.29 is 17.9 Å². The molecule has 27 heavy (non-hydrogen) atoms. The number of ether oxygens (including phenoxy) is 2.